The fourth-order valence-electron chi connectivity index (χ4n) is 2.03. The first-order chi connectivity index (χ1) is 9.97. The van der Waals surface area contributed by atoms with E-state index in [2.05, 4.69) is 48.6 Å². The second-order valence-electron chi connectivity index (χ2n) is 5.66. The number of guanidine groups is 2. The number of nitrogens with one attached hydrogen (secondary N) is 1. The Morgan fingerprint density at radius 3 is 2.38 bits per heavy atom. The molecule has 0 radical (unpaired) electrons. The molecule has 2 heterocycles. The van der Waals surface area contributed by atoms with Crippen LogP contribution in [0.3, 0.4) is 0 Å². The lowest BCUT2D eigenvalue weighted by molar-refractivity contribution is 0.487. The number of nitrogens with zero attached hydrogens (tertiary/aromatic N) is 4. The molecule has 0 aromatic carbocycles. The van der Waals surface area contributed by atoms with Crippen molar-refractivity contribution in [3.8, 4) is 0 Å². The maximum absolute atomic E-state index is 4.78. The van der Waals surface area contributed by atoms with E-state index in [9.17, 15) is 0 Å². The van der Waals surface area contributed by atoms with Gasteiger partial charge in [0.15, 0.2) is 0 Å². The van der Waals surface area contributed by atoms with Gasteiger partial charge in [0.2, 0.25) is 11.9 Å². The molecule has 21 heavy (non-hydrogen) atoms. The summed E-state index contributed by atoms with van der Waals surface area (Å²) >= 11 is 1.80. The van der Waals surface area contributed by atoms with Gasteiger partial charge in [-0.1, -0.05) is 6.07 Å². The lowest BCUT2D eigenvalue weighted by atomic mass is 10.2. The maximum Gasteiger partial charge on any atom is 0.200 e. The van der Waals surface area contributed by atoms with Crippen molar-refractivity contribution >= 4 is 23.3 Å². The van der Waals surface area contributed by atoms with Crippen LogP contribution in [0.2, 0.25) is 0 Å². The average Bonchev–Trinajstić information content (AvgIpc) is 2.90. The summed E-state index contributed by atoms with van der Waals surface area (Å²) in [5.41, 5.74) is 0. The molecule has 0 aliphatic carbocycles. The van der Waals surface area contributed by atoms with Crippen LogP contribution in [-0.4, -0.2) is 61.5 Å². The molecule has 0 fully saturated rings. The van der Waals surface area contributed by atoms with Crippen molar-refractivity contribution in [3.63, 3.8) is 0 Å². The molecular formula is C15H25N5S. The average molecular weight is 307 g/mol. The van der Waals surface area contributed by atoms with Crippen molar-refractivity contribution in [2.75, 3.05) is 27.7 Å². The number of hydrogen-bond donors (Lipinski definition) is 1. The van der Waals surface area contributed by atoms with Crippen LogP contribution in [0.15, 0.2) is 27.5 Å². The highest BCUT2D eigenvalue weighted by atomic mass is 32.1. The normalized spacial score (nSPS) is 22.0. The van der Waals surface area contributed by atoms with Crippen LogP contribution in [0.5, 0.6) is 0 Å². The Bertz CT molecular complexity index is 506. The van der Waals surface area contributed by atoms with Crippen molar-refractivity contribution in [1.29, 1.82) is 0 Å². The summed E-state index contributed by atoms with van der Waals surface area (Å²) in [5, 5.41) is 5.48. The molecule has 116 valence electrons. The summed E-state index contributed by atoms with van der Waals surface area (Å²) in [4.78, 5) is 15.0. The number of rotatable bonds is 3. The summed E-state index contributed by atoms with van der Waals surface area (Å²) in [6, 6.07) is 4.63. The molecule has 1 aliphatic rings. The molecule has 0 bridgehead atoms. The number of aliphatic imine (C=N–C) groups is 2. The minimum Gasteiger partial charge on any atom is -0.349 e. The van der Waals surface area contributed by atoms with E-state index < -0.39 is 0 Å². The van der Waals surface area contributed by atoms with E-state index in [4.69, 9.17) is 9.98 Å². The Kier molecular flexibility index (Phi) is 5.22. The summed E-state index contributed by atoms with van der Waals surface area (Å²) < 4.78 is 0. The van der Waals surface area contributed by atoms with Crippen LogP contribution < -0.4 is 5.32 Å². The summed E-state index contributed by atoms with van der Waals surface area (Å²) in [7, 11) is 6.07. The van der Waals surface area contributed by atoms with Crippen LogP contribution in [0.4, 0.5) is 0 Å². The second kappa shape index (κ2) is 6.93. The largest absolute Gasteiger partial charge is 0.349 e. The highest BCUT2D eigenvalue weighted by Crippen LogP contribution is 2.11. The van der Waals surface area contributed by atoms with E-state index in [1.54, 1.807) is 11.3 Å². The maximum atomic E-state index is 4.78. The molecule has 2 rings (SSSR count). The summed E-state index contributed by atoms with van der Waals surface area (Å²) in [6.07, 6.45) is 1.03. The third-order valence-corrected chi connectivity index (χ3v) is 4.57. The highest BCUT2D eigenvalue weighted by Gasteiger charge is 2.20. The molecule has 0 saturated carbocycles. The molecule has 1 aromatic heterocycles. The summed E-state index contributed by atoms with van der Waals surface area (Å²) in [5.74, 6) is 1.77. The molecular weight excluding hydrogens is 282 g/mol. The van der Waals surface area contributed by atoms with Crippen molar-refractivity contribution in [1.82, 2.24) is 15.1 Å². The van der Waals surface area contributed by atoms with Crippen LogP contribution in [0.1, 0.15) is 18.7 Å². The van der Waals surface area contributed by atoms with Gasteiger partial charge >= 0.3 is 0 Å². The minimum atomic E-state index is 0.175. The molecule has 2 atom stereocenters. The zero-order valence-electron chi connectivity index (χ0n) is 13.5. The van der Waals surface area contributed by atoms with Crippen LogP contribution in [0, 0.1) is 0 Å². The zero-order chi connectivity index (χ0) is 15.4. The van der Waals surface area contributed by atoms with Gasteiger partial charge in [0.25, 0.3) is 0 Å². The second-order valence-corrected chi connectivity index (χ2v) is 6.69. The molecule has 1 N–H and O–H groups in total. The van der Waals surface area contributed by atoms with Crippen LogP contribution in [-0.2, 0) is 6.42 Å². The van der Waals surface area contributed by atoms with E-state index >= 15 is 0 Å². The van der Waals surface area contributed by atoms with Crippen LogP contribution in [0.25, 0.3) is 0 Å². The van der Waals surface area contributed by atoms with E-state index in [0.29, 0.717) is 0 Å². The smallest absolute Gasteiger partial charge is 0.200 e. The molecule has 0 spiro atoms. The van der Waals surface area contributed by atoms with Gasteiger partial charge in [-0.3, -0.25) is 5.32 Å². The topological polar surface area (TPSA) is 43.2 Å². The first-order valence-corrected chi connectivity index (χ1v) is 8.19. The molecule has 2 unspecified atom stereocenters. The molecule has 5 nitrogen and oxygen atoms in total. The standard InChI is InChI=1S/C15H25N5S/c1-11-12(2)17-15(18-14(16-11)19(3)4)20(5)9-8-13-7-6-10-21-13/h6-7,10-12H,8-9H2,1-5H3,(H,16,17,18). The first kappa shape index (κ1) is 15.8. The fourth-order valence-corrected chi connectivity index (χ4v) is 2.72. The Balaban J connectivity index is 2.06. The molecule has 0 amide bonds. The third kappa shape index (κ3) is 4.20. The monoisotopic (exact) mass is 307 g/mol. The van der Waals surface area contributed by atoms with Crippen molar-refractivity contribution < 1.29 is 0 Å². The highest BCUT2D eigenvalue weighted by molar-refractivity contribution is 7.09. The van der Waals surface area contributed by atoms with E-state index in [0.717, 1.165) is 24.9 Å². The van der Waals surface area contributed by atoms with Gasteiger partial charge in [-0.15, -0.1) is 11.3 Å². The third-order valence-electron chi connectivity index (χ3n) is 3.63. The SMILES string of the molecule is CC1N=C(N(C)C)NC(N(C)CCc2cccs2)=NC1C. The summed E-state index contributed by atoms with van der Waals surface area (Å²) in [6.45, 7) is 5.16. The predicted molar refractivity (Wildman–Crippen MR) is 91.3 cm³/mol. The fraction of sp³-hybridized carbons (Fsp3) is 0.600. The van der Waals surface area contributed by atoms with E-state index in [-0.39, 0.29) is 12.1 Å². The van der Waals surface area contributed by atoms with Crippen molar-refractivity contribution in [2.24, 2.45) is 9.98 Å². The molecule has 1 aliphatic heterocycles. The van der Waals surface area contributed by atoms with Gasteiger partial charge in [0.05, 0.1) is 12.1 Å². The van der Waals surface area contributed by atoms with Gasteiger partial charge < -0.3 is 9.80 Å². The van der Waals surface area contributed by atoms with Gasteiger partial charge in [-0.2, -0.15) is 0 Å². The Labute approximate surface area is 131 Å². The van der Waals surface area contributed by atoms with E-state index in [1.807, 2.05) is 19.0 Å². The van der Waals surface area contributed by atoms with Gasteiger partial charge in [-0.25, -0.2) is 9.98 Å². The predicted octanol–water partition coefficient (Wildman–Crippen LogP) is 1.88. The van der Waals surface area contributed by atoms with Crippen LogP contribution >= 0.6 is 11.3 Å². The lowest BCUT2D eigenvalue weighted by Gasteiger charge is -2.24. The Hall–Kier alpha value is -1.56. The zero-order valence-corrected chi connectivity index (χ0v) is 14.3. The number of likely N-dealkylation sites (N-methyl/N-ethyl adjacent to an activating group) is 1. The van der Waals surface area contributed by atoms with Gasteiger partial charge in [0, 0.05) is 32.6 Å². The Morgan fingerprint density at radius 1 is 1.14 bits per heavy atom. The Morgan fingerprint density at radius 2 is 1.81 bits per heavy atom. The molecule has 1 aromatic rings. The quantitative estimate of drug-likeness (QED) is 0.927. The molecule has 0 saturated heterocycles. The number of hydrogen-bond acceptors (Lipinski definition) is 6. The van der Waals surface area contributed by atoms with Crippen molar-refractivity contribution in [3.05, 3.63) is 22.4 Å². The van der Waals surface area contributed by atoms with Gasteiger partial charge in [-0.05, 0) is 31.7 Å². The van der Waals surface area contributed by atoms with Gasteiger partial charge in [0.1, 0.15) is 0 Å². The first-order valence-electron chi connectivity index (χ1n) is 7.31. The van der Waals surface area contributed by atoms with Crippen molar-refractivity contribution in [2.45, 2.75) is 32.4 Å². The lowest BCUT2D eigenvalue weighted by Crippen LogP contribution is -2.47. The number of thiophene rings is 1. The minimum absolute atomic E-state index is 0.175. The molecule has 6 heteroatoms. The van der Waals surface area contributed by atoms with E-state index in [1.165, 1.54) is 4.88 Å².